The predicted octanol–water partition coefficient (Wildman–Crippen LogP) is 4.87. The van der Waals surface area contributed by atoms with E-state index >= 15 is 0 Å². The van der Waals surface area contributed by atoms with E-state index in [1.165, 1.54) is 57.5 Å². The van der Waals surface area contributed by atoms with E-state index in [1.807, 2.05) is 11.8 Å². The van der Waals surface area contributed by atoms with Crippen molar-refractivity contribution in [2.75, 3.05) is 28.7 Å². The van der Waals surface area contributed by atoms with Crippen molar-refractivity contribution in [2.24, 2.45) is 0 Å². The summed E-state index contributed by atoms with van der Waals surface area (Å²) in [5.74, 6) is 3.15. The third kappa shape index (κ3) is 14.0. The molecular formula is C28H43N5O5S. The number of aryl methyl sites for hydroxylation is 2. The number of nitrogens with zero attached hydrogens (tertiary/aromatic N) is 2. The fraction of sp³-hybridized carbons (Fsp3) is 0.607. The van der Waals surface area contributed by atoms with Crippen molar-refractivity contribution in [1.29, 1.82) is 0 Å². The van der Waals surface area contributed by atoms with E-state index < -0.39 is 0 Å². The molecule has 2 aromatic rings. The Bertz CT molecular complexity index is 1130. The van der Waals surface area contributed by atoms with Gasteiger partial charge in [0, 0.05) is 44.3 Å². The molecule has 0 fully saturated rings. The molecule has 0 aliphatic rings. The number of H-pyrrole nitrogens is 1. The Kier molecular flexibility index (Phi) is 15.0. The summed E-state index contributed by atoms with van der Waals surface area (Å²) in [6, 6.07) is 3.31. The minimum Gasteiger partial charge on any atom is -0.493 e. The highest BCUT2D eigenvalue weighted by Crippen LogP contribution is 2.21. The maximum Gasteiger partial charge on any atom is 0.328 e. The van der Waals surface area contributed by atoms with E-state index in [1.54, 1.807) is 29.8 Å². The molecule has 0 atom stereocenters. The van der Waals surface area contributed by atoms with Crippen molar-refractivity contribution in [3.63, 3.8) is 0 Å². The molecule has 0 aliphatic carbocycles. The van der Waals surface area contributed by atoms with Gasteiger partial charge in [0.05, 0.1) is 6.61 Å². The van der Waals surface area contributed by atoms with Crippen molar-refractivity contribution in [3.05, 3.63) is 44.7 Å². The summed E-state index contributed by atoms with van der Waals surface area (Å²) in [7, 11) is 0. The maximum atomic E-state index is 11.8. The number of thioether (sulfide) groups is 1. The van der Waals surface area contributed by atoms with Crippen LogP contribution in [0.5, 0.6) is 5.75 Å². The van der Waals surface area contributed by atoms with Crippen LogP contribution in [0.1, 0.15) is 83.6 Å². The second kappa shape index (κ2) is 18.3. The molecule has 11 heteroatoms. The zero-order valence-corrected chi connectivity index (χ0v) is 24.3. The molecule has 2 heterocycles. The van der Waals surface area contributed by atoms with Gasteiger partial charge in [0.1, 0.15) is 17.4 Å². The van der Waals surface area contributed by atoms with Gasteiger partial charge in [-0.3, -0.25) is 19.4 Å². The van der Waals surface area contributed by atoms with Gasteiger partial charge >= 0.3 is 5.69 Å². The number of ether oxygens (including phenoxy) is 1. The zero-order chi connectivity index (χ0) is 28.5. The van der Waals surface area contributed by atoms with Gasteiger partial charge in [-0.05, 0) is 44.1 Å². The molecule has 2 amide bonds. The number of pyridine rings is 1. The van der Waals surface area contributed by atoms with E-state index in [0.29, 0.717) is 36.1 Å². The molecule has 0 unspecified atom stereocenters. The van der Waals surface area contributed by atoms with Crippen LogP contribution in [0.2, 0.25) is 0 Å². The Morgan fingerprint density at radius 2 is 1.41 bits per heavy atom. The summed E-state index contributed by atoms with van der Waals surface area (Å²) in [6.45, 7) is 5.74. The van der Waals surface area contributed by atoms with Gasteiger partial charge in [-0.25, -0.2) is 9.78 Å². The monoisotopic (exact) mass is 561 g/mol. The van der Waals surface area contributed by atoms with Gasteiger partial charge in [-0.2, -0.15) is 11.8 Å². The smallest absolute Gasteiger partial charge is 0.328 e. The van der Waals surface area contributed by atoms with E-state index in [9.17, 15) is 19.2 Å². The number of amides is 2. The number of unbranched alkanes of at least 4 members (excludes halogenated alkanes) is 8. The minimum atomic E-state index is -0.323. The molecule has 0 saturated heterocycles. The van der Waals surface area contributed by atoms with Crippen LogP contribution >= 0.6 is 11.8 Å². The summed E-state index contributed by atoms with van der Waals surface area (Å²) >= 11 is 2.02. The first-order valence-electron chi connectivity index (χ1n) is 13.8. The Hall–Kier alpha value is -3.08. The molecule has 216 valence electrons. The molecule has 3 N–H and O–H groups in total. The predicted molar refractivity (Wildman–Crippen MR) is 158 cm³/mol. The molecular weight excluding hydrogens is 518 g/mol. The van der Waals surface area contributed by atoms with Crippen LogP contribution in [0.3, 0.4) is 0 Å². The molecule has 0 aliphatic heterocycles. The number of aromatic amines is 1. The first kappa shape index (κ1) is 32.1. The van der Waals surface area contributed by atoms with Crippen molar-refractivity contribution in [1.82, 2.24) is 14.5 Å². The van der Waals surface area contributed by atoms with Crippen molar-refractivity contribution in [3.8, 4) is 5.75 Å². The Balaban J connectivity index is 1.44. The van der Waals surface area contributed by atoms with Crippen LogP contribution in [0.15, 0.2) is 27.9 Å². The van der Waals surface area contributed by atoms with Crippen LogP contribution in [-0.4, -0.2) is 44.5 Å². The van der Waals surface area contributed by atoms with Crippen LogP contribution in [0, 0.1) is 6.92 Å². The summed E-state index contributed by atoms with van der Waals surface area (Å²) < 4.78 is 7.41. The highest BCUT2D eigenvalue weighted by Gasteiger charge is 2.07. The number of anilines is 2. The third-order valence-corrected chi connectivity index (χ3v) is 7.14. The van der Waals surface area contributed by atoms with Gasteiger partial charge in [-0.15, -0.1) is 0 Å². The summed E-state index contributed by atoms with van der Waals surface area (Å²) in [6.07, 6.45) is 13.0. The minimum absolute atomic E-state index is 0.238. The second-order valence-electron chi connectivity index (χ2n) is 9.70. The Morgan fingerprint density at radius 3 is 2.00 bits per heavy atom. The topological polar surface area (TPSA) is 135 Å². The highest BCUT2D eigenvalue weighted by atomic mass is 32.2. The lowest BCUT2D eigenvalue weighted by atomic mass is 10.1. The standard InChI is InChI=1S/C28H43N5O5S/c1-21-20-33(28(37)32-27(21)36)14-10-6-9-13-17-39-16-12-8-5-4-7-11-15-38-24-18-25(29-22(2)34)31-26(19-24)30-23(3)35/h18-20H,4-17H2,1-3H3,(H,32,36,37)(H2,29,30,31,34,35). The normalized spacial score (nSPS) is 10.8. The molecule has 0 aromatic carbocycles. The van der Waals surface area contributed by atoms with Crippen LogP contribution in [0.25, 0.3) is 0 Å². The lowest BCUT2D eigenvalue weighted by Gasteiger charge is -2.11. The van der Waals surface area contributed by atoms with E-state index in [-0.39, 0.29) is 23.1 Å². The number of hydrogen-bond donors (Lipinski definition) is 3. The van der Waals surface area contributed by atoms with E-state index in [0.717, 1.165) is 32.1 Å². The number of carbonyl (C=O) groups is 2. The third-order valence-electron chi connectivity index (χ3n) is 5.99. The first-order valence-corrected chi connectivity index (χ1v) is 15.0. The molecule has 39 heavy (non-hydrogen) atoms. The highest BCUT2D eigenvalue weighted by molar-refractivity contribution is 7.99. The second-order valence-corrected chi connectivity index (χ2v) is 10.9. The zero-order valence-electron chi connectivity index (χ0n) is 23.5. The molecule has 0 bridgehead atoms. The maximum absolute atomic E-state index is 11.8. The Labute approximate surface area is 234 Å². The molecule has 10 nitrogen and oxygen atoms in total. The van der Waals surface area contributed by atoms with Gasteiger partial charge in [0.25, 0.3) is 5.56 Å². The molecule has 2 rings (SSSR count). The average molecular weight is 562 g/mol. The molecule has 0 radical (unpaired) electrons. The molecule has 0 saturated carbocycles. The first-order chi connectivity index (χ1) is 18.7. The largest absolute Gasteiger partial charge is 0.493 e. The number of aromatic nitrogens is 3. The van der Waals surface area contributed by atoms with Gasteiger partial charge in [0.15, 0.2) is 0 Å². The lowest BCUT2D eigenvalue weighted by Crippen LogP contribution is -2.30. The molecule has 2 aromatic heterocycles. The van der Waals surface area contributed by atoms with E-state index in [2.05, 4.69) is 20.6 Å². The van der Waals surface area contributed by atoms with Crippen LogP contribution in [-0.2, 0) is 16.1 Å². The van der Waals surface area contributed by atoms with E-state index in [4.69, 9.17) is 4.74 Å². The van der Waals surface area contributed by atoms with Crippen molar-refractivity contribution >= 4 is 35.2 Å². The number of carbonyl (C=O) groups excluding carboxylic acids is 2. The Morgan fingerprint density at radius 1 is 0.872 bits per heavy atom. The average Bonchev–Trinajstić information content (AvgIpc) is 2.85. The summed E-state index contributed by atoms with van der Waals surface area (Å²) in [4.78, 5) is 52.4. The lowest BCUT2D eigenvalue weighted by molar-refractivity contribution is -0.115. The summed E-state index contributed by atoms with van der Waals surface area (Å²) in [5.41, 5.74) is -0.0596. The number of nitrogens with one attached hydrogen (secondary N) is 3. The SMILES string of the molecule is CC(=O)Nc1cc(OCCCCCCCCSCCCCCCn2cc(C)c(=O)[nH]c2=O)cc(NC(C)=O)n1. The fourth-order valence-electron chi connectivity index (χ4n) is 4.01. The van der Waals surface area contributed by atoms with Gasteiger partial charge < -0.3 is 19.9 Å². The quantitative estimate of drug-likeness (QED) is 0.208. The summed E-state index contributed by atoms with van der Waals surface area (Å²) in [5, 5.41) is 5.24. The fourth-order valence-corrected chi connectivity index (χ4v) is 5.03. The molecule has 0 spiro atoms. The number of rotatable bonds is 19. The number of hydrogen-bond acceptors (Lipinski definition) is 7. The van der Waals surface area contributed by atoms with Crippen LogP contribution < -0.4 is 26.6 Å². The van der Waals surface area contributed by atoms with Crippen LogP contribution in [0.4, 0.5) is 11.6 Å². The van der Waals surface area contributed by atoms with Crippen molar-refractivity contribution in [2.45, 2.75) is 91.5 Å². The van der Waals surface area contributed by atoms with Gasteiger partial charge in [-0.1, -0.05) is 38.5 Å². The van der Waals surface area contributed by atoms with Gasteiger partial charge in [0.2, 0.25) is 11.8 Å². The van der Waals surface area contributed by atoms with Crippen molar-refractivity contribution < 1.29 is 14.3 Å².